The van der Waals surface area contributed by atoms with Crippen LogP contribution in [0.2, 0.25) is 4.34 Å². The third-order valence-corrected chi connectivity index (χ3v) is 4.44. The standard InChI is InChI=1S/C16H20ClNOS/c1-3-10-18-14(11-12-8-9-16(17)20-12)13-6-4-5-7-15(13)19-2/h4-9,14,18H,3,10-11H2,1-2H3. The zero-order valence-corrected chi connectivity index (χ0v) is 13.4. The van der Waals surface area contributed by atoms with E-state index in [2.05, 4.69) is 30.4 Å². The lowest BCUT2D eigenvalue weighted by Crippen LogP contribution is -2.24. The van der Waals surface area contributed by atoms with E-state index in [1.807, 2.05) is 18.2 Å². The van der Waals surface area contributed by atoms with E-state index in [4.69, 9.17) is 16.3 Å². The predicted octanol–water partition coefficient (Wildman–Crippen LogP) is 4.69. The highest BCUT2D eigenvalue weighted by Crippen LogP contribution is 2.30. The first-order chi connectivity index (χ1) is 9.74. The maximum Gasteiger partial charge on any atom is 0.123 e. The molecule has 108 valence electrons. The van der Waals surface area contributed by atoms with Gasteiger partial charge in [0.05, 0.1) is 11.4 Å². The summed E-state index contributed by atoms with van der Waals surface area (Å²) in [5.41, 5.74) is 1.20. The number of para-hydroxylation sites is 1. The molecule has 0 saturated carbocycles. The number of ether oxygens (including phenoxy) is 1. The van der Waals surface area contributed by atoms with Crippen LogP contribution >= 0.6 is 22.9 Å². The van der Waals surface area contributed by atoms with Crippen molar-refractivity contribution in [2.24, 2.45) is 0 Å². The molecule has 0 fully saturated rings. The quantitative estimate of drug-likeness (QED) is 0.801. The van der Waals surface area contributed by atoms with Crippen LogP contribution in [0.25, 0.3) is 0 Å². The van der Waals surface area contributed by atoms with E-state index in [0.29, 0.717) is 0 Å². The summed E-state index contributed by atoms with van der Waals surface area (Å²) in [4.78, 5) is 1.29. The number of rotatable bonds is 7. The second kappa shape index (κ2) is 7.67. The average molecular weight is 310 g/mol. The summed E-state index contributed by atoms with van der Waals surface area (Å²) in [7, 11) is 1.72. The Balaban J connectivity index is 2.22. The van der Waals surface area contributed by atoms with Crippen molar-refractivity contribution in [2.45, 2.75) is 25.8 Å². The first kappa shape index (κ1) is 15.4. The summed E-state index contributed by atoms with van der Waals surface area (Å²) in [6.45, 7) is 3.16. The molecule has 2 aromatic rings. The fourth-order valence-corrected chi connectivity index (χ4v) is 3.36. The lowest BCUT2D eigenvalue weighted by Gasteiger charge is -2.20. The van der Waals surface area contributed by atoms with Crippen molar-refractivity contribution in [1.82, 2.24) is 5.32 Å². The predicted molar refractivity (Wildman–Crippen MR) is 87.1 cm³/mol. The second-order valence-electron chi connectivity index (χ2n) is 4.66. The van der Waals surface area contributed by atoms with Crippen molar-refractivity contribution in [3.63, 3.8) is 0 Å². The average Bonchev–Trinajstić information content (AvgIpc) is 2.88. The molecule has 0 saturated heterocycles. The minimum atomic E-state index is 0.251. The van der Waals surface area contributed by atoms with Crippen LogP contribution in [0.4, 0.5) is 0 Å². The van der Waals surface area contributed by atoms with E-state index in [9.17, 15) is 0 Å². The molecule has 20 heavy (non-hydrogen) atoms. The normalized spacial score (nSPS) is 12.3. The second-order valence-corrected chi connectivity index (χ2v) is 6.46. The summed E-state index contributed by atoms with van der Waals surface area (Å²) in [6, 6.07) is 12.5. The van der Waals surface area contributed by atoms with E-state index in [-0.39, 0.29) is 6.04 Å². The lowest BCUT2D eigenvalue weighted by molar-refractivity contribution is 0.398. The molecule has 0 aliphatic rings. The Labute approximate surface area is 129 Å². The third-order valence-electron chi connectivity index (χ3n) is 3.19. The topological polar surface area (TPSA) is 21.3 Å². The maximum absolute atomic E-state index is 6.03. The summed E-state index contributed by atoms with van der Waals surface area (Å²) in [5, 5.41) is 3.60. The molecular formula is C16H20ClNOS. The zero-order valence-electron chi connectivity index (χ0n) is 11.9. The molecule has 0 bridgehead atoms. The maximum atomic E-state index is 6.03. The van der Waals surface area contributed by atoms with Gasteiger partial charge in [0.15, 0.2) is 0 Å². The number of hydrogen-bond acceptors (Lipinski definition) is 3. The van der Waals surface area contributed by atoms with E-state index < -0.39 is 0 Å². The lowest BCUT2D eigenvalue weighted by atomic mass is 10.0. The van der Waals surface area contributed by atoms with Gasteiger partial charge in [0.2, 0.25) is 0 Å². The van der Waals surface area contributed by atoms with E-state index in [1.54, 1.807) is 18.4 Å². The van der Waals surface area contributed by atoms with Crippen LogP contribution in [0.5, 0.6) is 5.75 Å². The van der Waals surface area contributed by atoms with Crippen LogP contribution in [-0.4, -0.2) is 13.7 Å². The van der Waals surface area contributed by atoms with Crippen molar-refractivity contribution in [3.8, 4) is 5.75 Å². The van der Waals surface area contributed by atoms with Crippen LogP contribution in [0, 0.1) is 0 Å². The van der Waals surface area contributed by atoms with Gasteiger partial charge in [-0.2, -0.15) is 0 Å². The Morgan fingerprint density at radius 1 is 1.25 bits per heavy atom. The largest absolute Gasteiger partial charge is 0.496 e. The van der Waals surface area contributed by atoms with E-state index >= 15 is 0 Å². The molecule has 1 N–H and O–H groups in total. The fraction of sp³-hybridized carbons (Fsp3) is 0.375. The van der Waals surface area contributed by atoms with Crippen LogP contribution in [0.1, 0.15) is 29.8 Å². The van der Waals surface area contributed by atoms with E-state index in [0.717, 1.165) is 29.5 Å². The van der Waals surface area contributed by atoms with Gasteiger partial charge in [0.25, 0.3) is 0 Å². The third kappa shape index (κ3) is 3.98. The molecule has 0 spiro atoms. The minimum Gasteiger partial charge on any atom is -0.496 e. The van der Waals surface area contributed by atoms with Gasteiger partial charge in [-0.3, -0.25) is 0 Å². The summed E-state index contributed by atoms with van der Waals surface area (Å²) >= 11 is 7.67. The van der Waals surface area contributed by atoms with Crippen LogP contribution in [-0.2, 0) is 6.42 Å². The number of methoxy groups -OCH3 is 1. The number of halogens is 1. The molecule has 0 aliphatic heterocycles. The minimum absolute atomic E-state index is 0.251. The van der Waals surface area contributed by atoms with Crippen LogP contribution < -0.4 is 10.1 Å². The molecule has 4 heteroatoms. The highest BCUT2D eigenvalue weighted by molar-refractivity contribution is 7.16. The zero-order chi connectivity index (χ0) is 14.4. The first-order valence-corrected chi connectivity index (χ1v) is 8.04. The number of thiophene rings is 1. The molecule has 1 unspecified atom stereocenters. The highest BCUT2D eigenvalue weighted by atomic mass is 35.5. The number of hydrogen-bond donors (Lipinski definition) is 1. The first-order valence-electron chi connectivity index (χ1n) is 6.85. The molecule has 0 aliphatic carbocycles. The Kier molecular flexibility index (Phi) is 5.89. The van der Waals surface area contributed by atoms with Crippen LogP contribution in [0.15, 0.2) is 36.4 Å². The SMILES string of the molecule is CCCNC(Cc1ccc(Cl)s1)c1ccccc1OC. The van der Waals surface area contributed by atoms with E-state index in [1.165, 1.54) is 10.4 Å². The monoisotopic (exact) mass is 309 g/mol. The summed E-state index contributed by atoms with van der Waals surface area (Å²) in [5.74, 6) is 0.934. The van der Waals surface area contributed by atoms with Gasteiger partial charge in [0.1, 0.15) is 5.75 Å². The number of nitrogens with one attached hydrogen (secondary N) is 1. The highest BCUT2D eigenvalue weighted by Gasteiger charge is 2.16. The fourth-order valence-electron chi connectivity index (χ4n) is 2.23. The number of benzene rings is 1. The van der Waals surface area contributed by atoms with Gasteiger partial charge in [-0.1, -0.05) is 36.7 Å². The van der Waals surface area contributed by atoms with Gasteiger partial charge in [0, 0.05) is 22.9 Å². The van der Waals surface area contributed by atoms with Gasteiger partial charge in [-0.05, 0) is 31.2 Å². The molecular weight excluding hydrogens is 290 g/mol. The summed E-state index contributed by atoms with van der Waals surface area (Å²) < 4.78 is 6.33. The molecule has 0 radical (unpaired) electrons. The smallest absolute Gasteiger partial charge is 0.123 e. The van der Waals surface area contributed by atoms with Crippen molar-refractivity contribution >= 4 is 22.9 Å². The Hall–Kier alpha value is -1.03. The van der Waals surface area contributed by atoms with Gasteiger partial charge < -0.3 is 10.1 Å². The Morgan fingerprint density at radius 3 is 2.70 bits per heavy atom. The van der Waals surface area contributed by atoms with Gasteiger partial charge >= 0.3 is 0 Å². The van der Waals surface area contributed by atoms with Crippen molar-refractivity contribution in [3.05, 3.63) is 51.2 Å². The molecule has 2 nitrogen and oxygen atoms in total. The molecule has 1 aromatic carbocycles. The van der Waals surface area contributed by atoms with Crippen molar-refractivity contribution in [2.75, 3.05) is 13.7 Å². The molecule has 2 rings (SSSR count). The van der Waals surface area contributed by atoms with Crippen molar-refractivity contribution in [1.29, 1.82) is 0 Å². The van der Waals surface area contributed by atoms with Gasteiger partial charge in [-0.25, -0.2) is 0 Å². The van der Waals surface area contributed by atoms with Crippen LogP contribution in [0.3, 0.4) is 0 Å². The Morgan fingerprint density at radius 2 is 2.05 bits per heavy atom. The van der Waals surface area contributed by atoms with Crippen molar-refractivity contribution < 1.29 is 4.74 Å². The summed E-state index contributed by atoms with van der Waals surface area (Å²) in [6.07, 6.45) is 2.04. The molecule has 0 amide bonds. The molecule has 1 heterocycles. The Bertz CT molecular complexity index is 541. The van der Waals surface area contributed by atoms with Gasteiger partial charge in [-0.15, -0.1) is 11.3 Å². The molecule has 1 atom stereocenters. The molecule has 1 aromatic heterocycles.